The van der Waals surface area contributed by atoms with Crippen molar-refractivity contribution in [2.24, 2.45) is 0 Å². The van der Waals surface area contributed by atoms with E-state index in [1.165, 1.54) is 12.8 Å². The summed E-state index contributed by atoms with van der Waals surface area (Å²) in [6.07, 6.45) is 3.94. The first-order valence-electron chi connectivity index (χ1n) is 7.69. The molecule has 0 bridgehead atoms. The molecule has 1 aromatic heterocycles. The van der Waals surface area contributed by atoms with Crippen LogP contribution in [-0.2, 0) is 4.74 Å². The standard InChI is InChI=1S/C17H23NO3/c1-12(18-11-14-7-3-4-9-20-14)16-10-13-6-5-8-15(19-2)17(13)21-16/h5-6,8,10,12,14,18H,3-4,7,9,11H2,1-2H3. The first-order chi connectivity index (χ1) is 10.3. The van der Waals surface area contributed by atoms with E-state index in [2.05, 4.69) is 18.3 Å². The lowest BCUT2D eigenvalue weighted by atomic mass is 10.1. The summed E-state index contributed by atoms with van der Waals surface area (Å²) in [6, 6.07) is 8.18. The summed E-state index contributed by atoms with van der Waals surface area (Å²) in [7, 11) is 1.67. The molecular weight excluding hydrogens is 266 g/mol. The van der Waals surface area contributed by atoms with Gasteiger partial charge in [-0.3, -0.25) is 0 Å². The average molecular weight is 289 g/mol. The number of hydrogen-bond donors (Lipinski definition) is 1. The summed E-state index contributed by atoms with van der Waals surface area (Å²) in [6.45, 7) is 3.88. The lowest BCUT2D eigenvalue weighted by Crippen LogP contribution is -2.33. The van der Waals surface area contributed by atoms with E-state index in [0.717, 1.165) is 42.1 Å². The van der Waals surface area contributed by atoms with E-state index >= 15 is 0 Å². The van der Waals surface area contributed by atoms with Crippen molar-refractivity contribution in [2.75, 3.05) is 20.3 Å². The fourth-order valence-corrected chi connectivity index (χ4v) is 2.81. The molecule has 4 heteroatoms. The SMILES string of the molecule is COc1cccc2cc(C(C)NCC3CCCCO3)oc12. The number of methoxy groups -OCH3 is 1. The van der Waals surface area contributed by atoms with E-state index in [9.17, 15) is 0 Å². The van der Waals surface area contributed by atoms with Gasteiger partial charge in [0.2, 0.25) is 0 Å². The highest BCUT2D eigenvalue weighted by Crippen LogP contribution is 2.30. The number of fused-ring (bicyclic) bond motifs is 1. The van der Waals surface area contributed by atoms with Crippen molar-refractivity contribution in [3.05, 3.63) is 30.0 Å². The van der Waals surface area contributed by atoms with Gasteiger partial charge in [-0.1, -0.05) is 12.1 Å². The molecule has 0 aliphatic carbocycles. The van der Waals surface area contributed by atoms with Gasteiger partial charge in [0, 0.05) is 18.5 Å². The Kier molecular flexibility index (Phi) is 4.46. The number of nitrogens with one attached hydrogen (secondary N) is 1. The molecule has 2 unspecified atom stereocenters. The Hall–Kier alpha value is -1.52. The number of ether oxygens (including phenoxy) is 2. The third-order valence-electron chi connectivity index (χ3n) is 4.10. The molecule has 1 aromatic carbocycles. The third kappa shape index (κ3) is 3.22. The predicted octanol–water partition coefficient (Wildman–Crippen LogP) is 3.66. The molecule has 2 heterocycles. The highest BCUT2D eigenvalue weighted by atomic mass is 16.5. The lowest BCUT2D eigenvalue weighted by molar-refractivity contribution is 0.0153. The Labute approximate surface area is 125 Å². The summed E-state index contributed by atoms with van der Waals surface area (Å²) < 4.78 is 17.1. The van der Waals surface area contributed by atoms with Gasteiger partial charge < -0.3 is 19.2 Å². The zero-order valence-corrected chi connectivity index (χ0v) is 12.7. The van der Waals surface area contributed by atoms with Gasteiger partial charge >= 0.3 is 0 Å². The molecule has 1 saturated heterocycles. The summed E-state index contributed by atoms with van der Waals surface area (Å²) in [4.78, 5) is 0. The van der Waals surface area contributed by atoms with Crippen molar-refractivity contribution >= 4 is 11.0 Å². The van der Waals surface area contributed by atoms with Crippen molar-refractivity contribution in [3.8, 4) is 5.75 Å². The van der Waals surface area contributed by atoms with E-state index < -0.39 is 0 Å². The molecule has 21 heavy (non-hydrogen) atoms. The van der Waals surface area contributed by atoms with E-state index in [1.807, 2.05) is 18.2 Å². The number of furan rings is 1. The largest absolute Gasteiger partial charge is 0.493 e. The molecular formula is C17H23NO3. The quantitative estimate of drug-likeness (QED) is 0.912. The van der Waals surface area contributed by atoms with E-state index in [1.54, 1.807) is 7.11 Å². The molecule has 4 nitrogen and oxygen atoms in total. The first-order valence-corrected chi connectivity index (χ1v) is 7.69. The smallest absolute Gasteiger partial charge is 0.176 e. The highest BCUT2D eigenvalue weighted by Gasteiger charge is 2.17. The molecule has 0 amide bonds. The van der Waals surface area contributed by atoms with Gasteiger partial charge in [0.25, 0.3) is 0 Å². The van der Waals surface area contributed by atoms with Crippen molar-refractivity contribution < 1.29 is 13.9 Å². The summed E-state index contributed by atoms with van der Waals surface area (Å²) in [5.41, 5.74) is 0.817. The van der Waals surface area contributed by atoms with Gasteiger partial charge in [-0.25, -0.2) is 0 Å². The molecule has 0 radical (unpaired) electrons. The maximum atomic E-state index is 5.96. The fraction of sp³-hybridized carbons (Fsp3) is 0.529. The second kappa shape index (κ2) is 6.50. The van der Waals surface area contributed by atoms with Gasteiger partial charge in [0.15, 0.2) is 11.3 Å². The van der Waals surface area contributed by atoms with Crippen LogP contribution in [0.5, 0.6) is 5.75 Å². The minimum absolute atomic E-state index is 0.160. The summed E-state index contributed by atoms with van der Waals surface area (Å²) >= 11 is 0. The van der Waals surface area contributed by atoms with Crippen LogP contribution < -0.4 is 10.1 Å². The zero-order valence-electron chi connectivity index (χ0n) is 12.7. The predicted molar refractivity (Wildman–Crippen MR) is 82.8 cm³/mol. The summed E-state index contributed by atoms with van der Waals surface area (Å²) in [5.74, 6) is 1.71. The van der Waals surface area contributed by atoms with Crippen LogP contribution in [0.3, 0.4) is 0 Å². The number of hydrogen-bond acceptors (Lipinski definition) is 4. The second-order valence-corrected chi connectivity index (χ2v) is 5.65. The van der Waals surface area contributed by atoms with Crippen LogP contribution >= 0.6 is 0 Å². The Balaban J connectivity index is 1.67. The monoisotopic (exact) mass is 289 g/mol. The Bertz CT molecular complexity index is 587. The van der Waals surface area contributed by atoms with Crippen LogP contribution in [0.2, 0.25) is 0 Å². The Morgan fingerprint density at radius 1 is 1.38 bits per heavy atom. The molecule has 1 aliphatic heterocycles. The molecule has 1 aliphatic rings. The van der Waals surface area contributed by atoms with E-state index in [-0.39, 0.29) is 6.04 Å². The maximum Gasteiger partial charge on any atom is 0.176 e. The van der Waals surface area contributed by atoms with Gasteiger partial charge in [-0.05, 0) is 38.3 Å². The molecule has 1 fully saturated rings. The van der Waals surface area contributed by atoms with Crippen molar-refractivity contribution in [2.45, 2.75) is 38.3 Å². The number of benzene rings is 1. The average Bonchev–Trinajstić information content (AvgIpc) is 2.97. The number of rotatable bonds is 5. The van der Waals surface area contributed by atoms with Gasteiger partial charge in [-0.15, -0.1) is 0 Å². The van der Waals surface area contributed by atoms with Crippen molar-refractivity contribution in [1.82, 2.24) is 5.32 Å². The normalized spacial score (nSPS) is 20.6. The van der Waals surface area contributed by atoms with Crippen LogP contribution in [0, 0.1) is 0 Å². The highest BCUT2D eigenvalue weighted by molar-refractivity contribution is 5.83. The summed E-state index contributed by atoms with van der Waals surface area (Å²) in [5, 5.41) is 4.58. The van der Waals surface area contributed by atoms with Crippen LogP contribution in [0.25, 0.3) is 11.0 Å². The first kappa shape index (κ1) is 14.4. The molecule has 1 N–H and O–H groups in total. The van der Waals surface area contributed by atoms with Crippen LogP contribution in [-0.4, -0.2) is 26.4 Å². The van der Waals surface area contributed by atoms with Gasteiger partial charge in [0.1, 0.15) is 5.76 Å². The zero-order chi connectivity index (χ0) is 14.7. The molecule has 3 rings (SSSR count). The Morgan fingerprint density at radius 3 is 3.05 bits per heavy atom. The maximum absolute atomic E-state index is 5.96. The second-order valence-electron chi connectivity index (χ2n) is 5.65. The minimum atomic E-state index is 0.160. The van der Waals surface area contributed by atoms with Crippen LogP contribution in [0.15, 0.2) is 28.7 Å². The number of para-hydroxylation sites is 1. The minimum Gasteiger partial charge on any atom is -0.493 e. The topological polar surface area (TPSA) is 43.6 Å². The Morgan fingerprint density at radius 2 is 2.29 bits per heavy atom. The van der Waals surface area contributed by atoms with Crippen molar-refractivity contribution in [3.63, 3.8) is 0 Å². The van der Waals surface area contributed by atoms with Gasteiger partial charge in [-0.2, -0.15) is 0 Å². The molecule has 2 atom stereocenters. The molecule has 0 saturated carbocycles. The molecule has 2 aromatic rings. The fourth-order valence-electron chi connectivity index (χ4n) is 2.81. The lowest BCUT2D eigenvalue weighted by Gasteiger charge is -2.24. The molecule has 0 spiro atoms. The van der Waals surface area contributed by atoms with Gasteiger partial charge in [0.05, 0.1) is 19.3 Å². The van der Waals surface area contributed by atoms with Crippen LogP contribution in [0.1, 0.15) is 38.0 Å². The van der Waals surface area contributed by atoms with Crippen molar-refractivity contribution in [1.29, 1.82) is 0 Å². The van der Waals surface area contributed by atoms with E-state index in [0.29, 0.717) is 6.10 Å². The molecule has 114 valence electrons. The third-order valence-corrected chi connectivity index (χ3v) is 4.10. The van der Waals surface area contributed by atoms with Crippen LogP contribution in [0.4, 0.5) is 0 Å². The van der Waals surface area contributed by atoms with E-state index in [4.69, 9.17) is 13.9 Å².